The monoisotopic (exact) mass is 498 g/mol. The van der Waals surface area contributed by atoms with Crippen molar-refractivity contribution in [1.29, 1.82) is 0 Å². The number of rotatable bonds is 9. The summed E-state index contributed by atoms with van der Waals surface area (Å²) in [7, 11) is 3.25. The molecule has 0 unspecified atom stereocenters. The molecule has 192 valence electrons. The molecule has 0 atom stereocenters. The Morgan fingerprint density at radius 3 is 2.35 bits per heavy atom. The van der Waals surface area contributed by atoms with Gasteiger partial charge in [0.05, 0.1) is 19.7 Å². The fourth-order valence-corrected chi connectivity index (χ4v) is 4.71. The zero-order valence-corrected chi connectivity index (χ0v) is 21.8. The third-order valence-electron chi connectivity index (χ3n) is 6.72. The fraction of sp³-hybridized carbons (Fsp3) is 0.333. The third-order valence-corrected chi connectivity index (χ3v) is 6.72. The summed E-state index contributed by atoms with van der Waals surface area (Å²) in [6, 6.07) is 20.0. The molecule has 1 aromatic heterocycles. The first kappa shape index (κ1) is 24.8. The van der Waals surface area contributed by atoms with Gasteiger partial charge in [-0.3, -0.25) is 4.90 Å². The highest BCUT2D eigenvalue weighted by atomic mass is 16.5. The van der Waals surface area contributed by atoms with E-state index >= 15 is 0 Å². The van der Waals surface area contributed by atoms with Crippen molar-refractivity contribution in [3.8, 4) is 28.6 Å². The number of ether oxygens (including phenoxy) is 3. The second-order valence-electron chi connectivity index (χ2n) is 9.39. The molecule has 3 aromatic carbocycles. The van der Waals surface area contributed by atoms with E-state index in [9.17, 15) is 0 Å². The van der Waals surface area contributed by atoms with Crippen LogP contribution in [0.15, 0.2) is 60.7 Å². The molecule has 1 aliphatic rings. The molecular weight excluding hydrogens is 464 g/mol. The van der Waals surface area contributed by atoms with Gasteiger partial charge in [-0.05, 0) is 69.3 Å². The number of likely N-dealkylation sites (tertiary alicyclic amines) is 1. The molecule has 0 saturated carbocycles. The fourth-order valence-electron chi connectivity index (χ4n) is 4.71. The minimum Gasteiger partial charge on any atom is -0.493 e. The Hall–Kier alpha value is -3.84. The second kappa shape index (κ2) is 11.5. The van der Waals surface area contributed by atoms with Gasteiger partial charge in [0, 0.05) is 29.2 Å². The SMILES string of the molecule is COc1cc2nc(-c3cccc(C)c3)nc(Nc3ccc(OCCN4CCCCC4)cc3)c2cc1OC. The predicted octanol–water partition coefficient (Wildman–Crippen LogP) is 6.23. The van der Waals surface area contributed by atoms with Crippen molar-refractivity contribution in [2.75, 3.05) is 45.8 Å². The van der Waals surface area contributed by atoms with E-state index < -0.39 is 0 Å². The molecule has 1 fully saturated rings. The van der Waals surface area contributed by atoms with Crippen LogP contribution in [0.25, 0.3) is 22.3 Å². The van der Waals surface area contributed by atoms with Crippen LogP contribution in [0, 0.1) is 6.92 Å². The summed E-state index contributed by atoms with van der Waals surface area (Å²) in [4.78, 5) is 12.2. The number of benzene rings is 3. The van der Waals surface area contributed by atoms with Crippen molar-refractivity contribution in [3.05, 3.63) is 66.2 Å². The molecule has 0 spiro atoms. The zero-order chi connectivity index (χ0) is 25.6. The summed E-state index contributed by atoms with van der Waals surface area (Å²) in [5, 5.41) is 4.33. The van der Waals surface area contributed by atoms with Gasteiger partial charge in [0.15, 0.2) is 17.3 Å². The van der Waals surface area contributed by atoms with E-state index in [1.807, 2.05) is 48.5 Å². The highest BCUT2D eigenvalue weighted by Crippen LogP contribution is 2.36. The maximum absolute atomic E-state index is 6.00. The molecular formula is C30H34N4O3. The number of piperidine rings is 1. The molecule has 4 aromatic rings. The van der Waals surface area contributed by atoms with Crippen LogP contribution in [-0.4, -0.2) is 55.3 Å². The molecule has 0 bridgehead atoms. The minimum atomic E-state index is 0.626. The van der Waals surface area contributed by atoms with Gasteiger partial charge in [0.25, 0.3) is 0 Å². The summed E-state index contributed by atoms with van der Waals surface area (Å²) >= 11 is 0. The first-order valence-electron chi connectivity index (χ1n) is 12.9. The van der Waals surface area contributed by atoms with Crippen LogP contribution in [0.2, 0.25) is 0 Å². The summed E-state index contributed by atoms with van der Waals surface area (Å²) in [6.45, 7) is 6.10. The minimum absolute atomic E-state index is 0.626. The molecule has 1 saturated heterocycles. The molecule has 1 aliphatic heterocycles. The van der Waals surface area contributed by atoms with Gasteiger partial charge in [-0.1, -0.05) is 30.2 Å². The Balaban J connectivity index is 1.40. The third kappa shape index (κ3) is 5.94. The predicted molar refractivity (Wildman–Crippen MR) is 148 cm³/mol. The summed E-state index contributed by atoms with van der Waals surface area (Å²) in [5.74, 6) is 3.45. The molecule has 7 nitrogen and oxygen atoms in total. The molecule has 37 heavy (non-hydrogen) atoms. The number of hydrogen-bond acceptors (Lipinski definition) is 7. The Morgan fingerprint density at radius 1 is 0.865 bits per heavy atom. The van der Waals surface area contributed by atoms with E-state index in [0.717, 1.165) is 40.0 Å². The number of aryl methyl sites for hydroxylation is 1. The van der Waals surface area contributed by atoms with Crippen LogP contribution in [0.1, 0.15) is 24.8 Å². The van der Waals surface area contributed by atoms with Crippen molar-refractivity contribution in [2.45, 2.75) is 26.2 Å². The van der Waals surface area contributed by atoms with Gasteiger partial charge in [-0.25, -0.2) is 9.97 Å². The van der Waals surface area contributed by atoms with Crippen molar-refractivity contribution in [3.63, 3.8) is 0 Å². The highest BCUT2D eigenvalue weighted by Gasteiger charge is 2.15. The van der Waals surface area contributed by atoms with Crippen molar-refractivity contribution in [1.82, 2.24) is 14.9 Å². The van der Waals surface area contributed by atoms with Crippen molar-refractivity contribution in [2.24, 2.45) is 0 Å². The summed E-state index contributed by atoms with van der Waals surface area (Å²) < 4.78 is 17.1. The van der Waals surface area contributed by atoms with Gasteiger partial charge in [0.1, 0.15) is 18.2 Å². The van der Waals surface area contributed by atoms with Gasteiger partial charge in [-0.2, -0.15) is 0 Å². The van der Waals surface area contributed by atoms with E-state index in [0.29, 0.717) is 29.7 Å². The smallest absolute Gasteiger partial charge is 0.162 e. The zero-order valence-electron chi connectivity index (χ0n) is 21.8. The summed E-state index contributed by atoms with van der Waals surface area (Å²) in [5.41, 5.74) is 3.79. The first-order chi connectivity index (χ1) is 18.1. The normalized spacial score (nSPS) is 13.9. The maximum atomic E-state index is 6.00. The topological polar surface area (TPSA) is 68.7 Å². The van der Waals surface area contributed by atoms with Crippen molar-refractivity contribution < 1.29 is 14.2 Å². The van der Waals surface area contributed by atoms with Gasteiger partial charge in [-0.15, -0.1) is 0 Å². The Kier molecular flexibility index (Phi) is 7.70. The van der Waals surface area contributed by atoms with Gasteiger partial charge >= 0.3 is 0 Å². The summed E-state index contributed by atoms with van der Waals surface area (Å²) in [6.07, 6.45) is 3.94. The average Bonchev–Trinajstić information content (AvgIpc) is 2.93. The number of nitrogens with zero attached hydrogens (tertiary/aromatic N) is 3. The number of aromatic nitrogens is 2. The molecule has 0 amide bonds. The molecule has 0 radical (unpaired) electrons. The number of nitrogens with one attached hydrogen (secondary N) is 1. The lowest BCUT2D eigenvalue weighted by molar-refractivity contribution is 0.183. The number of anilines is 2. The lowest BCUT2D eigenvalue weighted by Crippen LogP contribution is -2.33. The van der Waals surface area contributed by atoms with E-state index in [4.69, 9.17) is 24.2 Å². The Morgan fingerprint density at radius 2 is 1.62 bits per heavy atom. The number of hydrogen-bond donors (Lipinski definition) is 1. The maximum Gasteiger partial charge on any atom is 0.162 e. The van der Waals surface area contributed by atoms with E-state index in [1.165, 1.54) is 32.4 Å². The number of fused-ring (bicyclic) bond motifs is 1. The second-order valence-corrected chi connectivity index (χ2v) is 9.39. The van der Waals surface area contributed by atoms with Crippen LogP contribution in [0.5, 0.6) is 17.2 Å². The van der Waals surface area contributed by atoms with Crippen LogP contribution in [-0.2, 0) is 0 Å². The molecule has 1 N–H and O–H groups in total. The van der Waals surface area contributed by atoms with E-state index in [1.54, 1.807) is 14.2 Å². The average molecular weight is 499 g/mol. The molecule has 5 rings (SSSR count). The van der Waals surface area contributed by atoms with Crippen LogP contribution < -0.4 is 19.5 Å². The quantitative estimate of drug-likeness (QED) is 0.293. The number of methoxy groups -OCH3 is 2. The highest BCUT2D eigenvalue weighted by molar-refractivity contribution is 5.94. The van der Waals surface area contributed by atoms with E-state index in [-0.39, 0.29) is 0 Å². The molecule has 7 heteroatoms. The van der Waals surface area contributed by atoms with Crippen molar-refractivity contribution >= 4 is 22.4 Å². The largest absolute Gasteiger partial charge is 0.493 e. The standard InChI is InChI=1S/C30H34N4O3/c1-21-8-7-9-22(18-21)29-32-26-20-28(36-3)27(35-2)19-25(26)30(33-29)31-23-10-12-24(13-11-23)37-17-16-34-14-5-4-6-15-34/h7-13,18-20H,4-6,14-17H2,1-3H3,(H,31,32,33). The molecule has 0 aliphatic carbocycles. The lowest BCUT2D eigenvalue weighted by atomic mass is 10.1. The molecule has 2 heterocycles. The van der Waals surface area contributed by atoms with Crippen LogP contribution in [0.4, 0.5) is 11.5 Å². The Labute approximate surface area is 218 Å². The van der Waals surface area contributed by atoms with Crippen LogP contribution >= 0.6 is 0 Å². The lowest BCUT2D eigenvalue weighted by Gasteiger charge is -2.26. The van der Waals surface area contributed by atoms with Crippen LogP contribution in [0.3, 0.4) is 0 Å². The van der Waals surface area contributed by atoms with E-state index in [2.05, 4.69) is 29.3 Å². The first-order valence-corrected chi connectivity index (χ1v) is 12.9. The van der Waals surface area contributed by atoms with Gasteiger partial charge in [0.2, 0.25) is 0 Å². The van der Waals surface area contributed by atoms with Gasteiger partial charge < -0.3 is 19.5 Å². The Bertz CT molecular complexity index is 1350.